The summed E-state index contributed by atoms with van der Waals surface area (Å²) in [5.74, 6) is 0.583. The van der Waals surface area contributed by atoms with E-state index in [2.05, 4.69) is 11.1 Å². The summed E-state index contributed by atoms with van der Waals surface area (Å²) in [6, 6.07) is 15.2. The van der Waals surface area contributed by atoms with Gasteiger partial charge in [-0.3, -0.25) is 0 Å². The van der Waals surface area contributed by atoms with E-state index in [0.717, 1.165) is 11.0 Å². The molecule has 3 rings (SSSR count). The van der Waals surface area contributed by atoms with Crippen molar-refractivity contribution < 1.29 is 0 Å². The highest BCUT2D eigenvalue weighted by atomic mass is 35.5. The molecule has 3 aromatic rings. The monoisotopic (exact) mass is 327 g/mol. The van der Waals surface area contributed by atoms with Gasteiger partial charge in [-0.15, -0.1) is 0 Å². The van der Waals surface area contributed by atoms with Gasteiger partial charge in [-0.2, -0.15) is 5.26 Å². The zero-order valence-electron chi connectivity index (χ0n) is 11.7. The number of allylic oxidation sites excluding steroid dienone is 1. The zero-order valence-corrected chi connectivity index (χ0v) is 13.2. The third-order valence-electron chi connectivity index (χ3n) is 3.44. The van der Waals surface area contributed by atoms with Gasteiger partial charge in [0.25, 0.3) is 0 Å². The van der Waals surface area contributed by atoms with Crippen LogP contribution in [-0.4, -0.2) is 9.55 Å². The average molecular weight is 328 g/mol. The Bertz CT molecular complexity index is 912. The molecule has 0 N–H and O–H groups in total. The molecule has 1 heterocycles. The fraction of sp³-hybridized carbons (Fsp3) is 0.0588. The summed E-state index contributed by atoms with van der Waals surface area (Å²) in [6.07, 6.45) is 1.67. The van der Waals surface area contributed by atoms with Crippen molar-refractivity contribution in [3.63, 3.8) is 0 Å². The lowest BCUT2D eigenvalue weighted by atomic mass is 10.1. The Kier molecular flexibility index (Phi) is 3.89. The molecule has 108 valence electrons. The van der Waals surface area contributed by atoms with E-state index in [0.29, 0.717) is 27.0 Å². The maximum absolute atomic E-state index is 9.51. The third-order valence-corrected chi connectivity index (χ3v) is 4.10. The minimum absolute atomic E-state index is 0.411. The van der Waals surface area contributed by atoms with Crippen LogP contribution >= 0.6 is 23.2 Å². The predicted octanol–water partition coefficient (Wildman–Crippen LogP) is 4.94. The second-order valence-electron chi connectivity index (χ2n) is 4.79. The Morgan fingerprint density at radius 1 is 1.14 bits per heavy atom. The fourth-order valence-corrected chi connectivity index (χ4v) is 2.83. The molecule has 0 amide bonds. The summed E-state index contributed by atoms with van der Waals surface area (Å²) in [5.41, 5.74) is 2.83. The van der Waals surface area contributed by atoms with E-state index in [-0.39, 0.29) is 0 Å². The van der Waals surface area contributed by atoms with E-state index < -0.39 is 0 Å². The number of halogens is 2. The Morgan fingerprint density at radius 3 is 2.45 bits per heavy atom. The number of fused-ring (bicyclic) bond motifs is 1. The molecular weight excluding hydrogens is 317 g/mol. The van der Waals surface area contributed by atoms with Crippen LogP contribution in [0.25, 0.3) is 22.7 Å². The average Bonchev–Trinajstić information content (AvgIpc) is 2.85. The van der Waals surface area contributed by atoms with Crippen molar-refractivity contribution in [3.8, 4) is 6.07 Å². The number of nitriles is 1. The molecule has 2 aromatic carbocycles. The van der Waals surface area contributed by atoms with Crippen molar-refractivity contribution in [3.05, 3.63) is 63.9 Å². The molecule has 0 aliphatic carbocycles. The minimum Gasteiger partial charge on any atom is -0.327 e. The summed E-state index contributed by atoms with van der Waals surface area (Å²) in [4.78, 5) is 4.52. The second-order valence-corrected chi connectivity index (χ2v) is 5.60. The van der Waals surface area contributed by atoms with Crippen molar-refractivity contribution >= 4 is 45.9 Å². The molecule has 0 saturated heterocycles. The normalized spacial score (nSPS) is 11.6. The van der Waals surface area contributed by atoms with Gasteiger partial charge in [0, 0.05) is 22.7 Å². The first-order chi connectivity index (χ1) is 10.6. The van der Waals surface area contributed by atoms with Gasteiger partial charge in [0.1, 0.15) is 6.07 Å². The van der Waals surface area contributed by atoms with Gasteiger partial charge in [-0.05, 0) is 30.3 Å². The van der Waals surface area contributed by atoms with E-state index in [9.17, 15) is 5.26 Å². The number of aromatic nitrogens is 2. The van der Waals surface area contributed by atoms with Gasteiger partial charge in [-0.25, -0.2) is 4.98 Å². The summed E-state index contributed by atoms with van der Waals surface area (Å²) < 4.78 is 1.88. The Hall–Kier alpha value is -2.28. The fourth-order valence-electron chi connectivity index (χ4n) is 2.33. The third kappa shape index (κ3) is 2.48. The first-order valence-electron chi connectivity index (χ1n) is 6.59. The largest absolute Gasteiger partial charge is 0.327 e. The topological polar surface area (TPSA) is 41.6 Å². The van der Waals surface area contributed by atoms with Crippen LogP contribution in [0.1, 0.15) is 11.4 Å². The Labute approximate surface area is 138 Å². The van der Waals surface area contributed by atoms with Gasteiger partial charge in [0.05, 0.1) is 16.6 Å². The summed E-state index contributed by atoms with van der Waals surface area (Å²) in [7, 11) is 1.88. The lowest BCUT2D eigenvalue weighted by molar-refractivity contribution is 0.925. The molecule has 1 aromatic heterocycles. The molecule has 0 aliphatic heterocycles. The highest BCUT2D eigenvalue weighted by Gasteiger charge is 2.13. The first kappa shape index (κ1) is 14.6. The molecule has 22 heavy (non-hydrogen) atoms. The van der Waals surface area contributed by atoms with E-state index in [1.165, 1.54) is 0 Å². The molecule has 0 saturated carbocycles. The van der Waals surface area contributed by atoms with E-state index in [1.54, 1.807) is 24.3 Å². The van der Waals surface area contributed by atoms with Gasteiger partial charge in [0.2, 0.25) is 0 Å². The predicted molar refractivity (Wildman–Crippen MR) is 90.7 cm³/mol. The molecule has 3 nitrogen and oxygen atoms in total. The van der Waals surface area contributed by atoms with Crippen molar-refractivity contribution in [1.29, 1.82) is 5.26 Å². The lowest BCUT2D eigenvalue weighted by Crippen LogP contribution is -1.96. The number of imidazole rings is 1. The highest BCUT2D eigenvalue weighted by Crippen LogP contribution is 2.29. The van der Waals surface area contributed by atoms with Crippen molar-refractivity contribution in [2.45, 2.75) is 0 Å². The summed E-state index contributed by atoms with van der Waals surface area (Å²) in [6.45, 7) is 0. The molecule has 0 fully saturated rings. The molecule has 0 bridgehead atoms. The van der Waals surface area contributed by atoms with Crippen molar-refractivity contribution in [2.24, 2.45) is 7.05 Å². The number of rotatable bonds is 2. The molecule has 0 radical (unpaired) electrons. The number of para-hydroxylation sites is 2. The maximum atomic E-state index is 9.51. The molecule has 0 atom stereocenters. The Morgan fingerprint density at radius 2 is 1.82 bits per heavy atom. The quantitative estimate of drug-likeness (QED) is 0.625. The van der Waals surface area contributed by atoms with Crippen LogP contribution in [-0.2, 0) is 7.05 Å². The molecule has 0 aliphatic rings. The van der Waals surface area contributed by atoms with Crippen LogP contribution in [0, 0.1) is 11.3 Å². The van der Waals surface area contributed by atoms with E-state index in [1.807, 2.05) is 35.9 Å². The zero-order chi connectivity index (χ0) is 15.7. The number of aryl methyl sites for hydroxylation is 1. The number of hydrogen-bond donors (Lipinski definition) is 0. The molecule has 0 unspecified atom stereocenters. The number of hydrogen-bond acceptors (Lipinski definition) is 2. The van der Waals surface area contributed by atoms with Crippen LogP contribution in [0.15, 0.2) is 42.5 Å². The molecular formula is C17H11Cl2N3. The van der Waals surface area contributed by atoms with Crippen LogP contribution in [0.5, 0.6) is 0 Å². The van der Waals surface area contributed by atoms with E-state index in [4.69, 9.17) is 23.2 Å². The summed E-state index contributed by atoms with van der Waals surface area (Å²) >= 11 is 12.3. The standard InChI is InChI=1S/C17H11Cl2N3/c1-22-16-8-3-2-7-15(16)21-17(22)11(10-20)9-12-13(18)5-4-6-14(12)19/h2-9H,1H3/b11-9-. The SMILES string of the molecule is Cn1c(/C(C#N)=C\c2c(Cl)cccc2Cl)nc2ccccc21. The smallest absolute Gasteiger partial charge is 0.151 e. The summed E-state index contributed by atoms with van der Waals surface area (Å²) in [5, 5.41) is 10.5. The lowest BCUT2D eigenvalue weighted by Gasteiger charge is -2.04. The van der Waals surface area contributed by atoms with Gasteiger partial charge >= 0.3 is 0 Å². The number of nitrogens with zero attached hydrogens (tertiary/aromatic N) is 3. The van der Waals surface area contributed by atoms with Gasteiger partial charge in [0.15, 0.2) is 5.82 Å². The van der Waals surface area contributed by atoms with E-state index >= 15 is 0 Å². The minimum atomic E-state index is 0.411. The van der Waals surface area contributed by atoms with Gasteiger partial charge in [-0.1, -0.05) is 41.4 Å². The highest BCUT2D eigenvalue weighted by molar-refractivity contribution is 6.37. The van der Waals surface area contributed by atoms with Crippen LogP contribution in [0.4, 0.5) is 0 Å². The number of benzene rings is 2. The first-order valence-corrected chi connectivity index (χ1v) is 7.35. The second kappa shape index (κ2) is 5.84. The van der Waals surface area contributed by atoms with Crippen LogP contribution in [0.2, 0.25) is 10.0 Å². The Balaban J connectivity index is 2.21. The maximum Gasteiger partial charge on any atom is 0.151 e. The molecule has 5 heteroatoms. The van der Waals surface area contributed by atoms with Crippen LogP contribution in [0.3, 0.4) is 0 Å². The van der Waals surface area contributed by atoms with Crippen molar-refractivity contribution in [2.75, 3.05) is 0 Å². The van der Waals surface area contributed by atoms with Crippen molar-refractivity contribution in [1.82, 2.24) is 9.55 Å². The van der Waals surface area contributed by atoms with Gasteiger partial charge < -0.3 is 4.57 Å². The van der Waals surface area contributed by atoms with Crippen LogP contribution < -0.4 is 0 Å². The molecule has 0 spiro atoms.